The molecular weight excluding hydrogens is 346 g/mol. The molecule has 3 rings (SSSR count). The summed E-state index contributed by atoms with van der Waals surface area (Å²) in [6, 6.07) is 11.2. The second kappa shape index (κ2) is 6.82. The van der Waals surface area contributed by atoms with E-state index < -0.39 is 17.0 Å². The first kappa shape index (κ1) is 16.8. The molecule has 0 bridgehead atoms. The van der Waals surface area contributed by atoms with Crippen LogP contribution in [0.4, 0.5) is 5.69 Å². The molecule has 3 aromatic rings. The van der Waals surface area contributed by atoms with Crippen LogP contribution in [-0.4, -0.2) is 22.8 Å². The van der Waals surface area contributed by atoms with E-state index >= 15 is 0 Å². The topological polar surface area (TPSA) is 93.2 Å². The molecule has 2 aromatic carbocycles. The molecule has 0 aliphatic rings. The number of nitrogens with one attached hydrogen (secondary N) is 2. The summed E-state index contributed by atoms with van der Waals surface area (Å²) in [5.74, 6) is -0.0781. The molecule has 1 aromatic heterocycles. The minimum absolute atomic E-state index is 0.249. The maximum absolute atomic E-state index is 12.4. The van der Waals surface area contributed by atoms with Gasteiger partial charge in [0, 0.05) is 5.02 Å². The zero-order valence-corrected chi connectivity index (χ0v) is 14.0. The molecule has 1 amide bonds. The molecule has 8 heteroatoms. The van der Waals surface area contributed by atoms with Crippen LogP contribution in [0.5, 0.6) is 5.75 Å². The molecule has 0 aliphatic heterocycles. The van der Waals surface area contributed by atoms with Crippen molar-refractivity contribution in [2.45, 2.75) is 6.54 Å². The lowest BCUT2D eigenvalue weighted by molar-refractivity contribution is -0.117. The summed E-state index contributed by atoms with van der Waals surface area (Å²) in [5, 5.41) is 5.97. The number of carbonyl (C=O) groups excluding carboxylic acids is 1. The number of aromatic nitrogens is 2. The van der Waals surface area contributed by atoms with Crippen molar-refractivity contribution in [1.82, 2.24) is 9.78 Å². The lowest BCUT2D eigenvalue weighted by atomic mass is 10.2. The van der Waals surface area contributed by atoms with Crippen LogP contribution in [0, 0.1) is 0 Å². The maximum atomic E-state index is 12.4. The molecule has 0 atom stereocenters. The van der Waals surface area contributed by atoms with Crippen LogP contribution in [0.2, 0.25) is 5.02 Å². The maximum Gasteiger partial charge on any atom is 0.273 e. The van der Waals surface area contributed by atoms with Gasteiger partial charge in [0.2, 0.25) is 5.91 Å². The molecule has 0 spiro atoms. The molecule has 128 valence electrons. The van der Waals surface area contributed by atoms with Crippen molar-refractivity contribution in [2.75, 3.05) is 12.4 Å². The summed E-state index contributed by atoms with van der Waals surface area (Å²) >= 11 is 5.92. The first-order valence-electron chi connectivity index (χ1n) is 7.35. The van der Waals surface area contributed by atoms with Gasteiger partial charge in [0.25, 0.3) is 11.1 Å². The first-order valence-corrected chi connectivity index (χ1v) is 7.72. The average molecular weight is 360 g/mol. The fourth-order valence-electron chi connectivity index (χ4n) is 2.47. The number of methoxy groups -OCH3 is 1. The highest BCUT2D eigenvalue weighted by molar-refractivity contribution is 6.31. The molecule has 1 heterocycles. The van der Waals surface area contributed by atoms with Crippen LogP contribution in [0.15, 0.2) is 52.1 Å². The molecule has 7 nitrogen and oxygen atoms in total. The Labute approximate surface area is 146 Å². The monoisotopic (exact) mass is 359 g/mol. The normalized spacial score (nSPS) is 10.6. The van der Waals surface area contributed by atoms with E-state index in [0.717, 1.165) is 4.68 Å². The van der Waals surface area contributed by atoms with Crippen molar-refractivity contribution in [1.29, 1.82) is 0 Å². The van der Waals surface area contributed by atoms with Crippen molar-refractivity contribution in [3.8, 4) is 5.75 Å². The minimum Gasteiger partial charge on any atom is -0.495 e. The minimum atomic E-state index is -0.506. The van der Waals surface area contributed by atoms with Gasteiger partial charge in [-0.3, -0.25) is 19.5 Å². The zero-order chi connectivity index (χ0) is 18.0. The van der Waals surface area contributed by atoms with Crippen LogP contribution < -0.4 is 21.2 Å². The highest BCUT2D eigenvalue weighted by Gasteiger charge is 2.12. The summed E-state index contributed by atoms with van der Waals surface area (Å²) in [4.78, 5) is 36.7. The summed E-state index contributed by atoms with van der Waals surface area (Å²) < 4.78 is 6.12. The molecular formula is C17H14ClN3O4. The fourth-order valence-corrected chi connectivity index (χ4v) is 2.64. The van der Waals surface area contributed by atoms with Gasteiger partial charge in [0.05, 0.1) is 23.6 Å². The van der Waals surface area contributed by atoms with E-state index in [1.165, 1.54) is 13.2 Å². The van der Waals surface area contributed by atoms with Crippen molar-refractivity contribution < 1.29 is 9.53 Å². The Morgan fingerprint density at radius 1 is 1.20 bits per heavy atom. The predicted octanol–water partition coefficient (Wildman–Crippen LogP) is 1.99. The van der Waals surface area contributed by atoms with Gasteiger partial charge >= 0.3 is 0 Å². The number of amides is 1. The number of hydrogen-bond donors (Lipinski definition) is 2. The molecule has 0 aliphatic carbocycles. The number of nitrogens with zero attached hydrogens (tertiary/aromatic N) is 1. The predicted molar refractivity (Wildman–Crippen MR) is 95.5 cm³/mol. The Balaban J connectivity index is 1.91. The number of anilines is 1. The highest BCUT2D eigenvalue weighted by Crippen LogP contribution is 2.27. The van der Waals surface area contributed by atoms with Crippen LogP contribution in [0.3, 0.4) is 0 Å². The third kappa shape index (κ3) is 3.41. The van der Waals surface area contributed by atoms with E-state index in [-0.39, 0.29) is 17.3 Å². The number of rotatable bonds is 4. The van der Waals surface area contributed by atoms with E-state index in [4.69, 9.17) is 16.3 Å². The van der Waals surface area contributed by atoms with Crippen molar-refractivity contribution in [2.24, 2.45) is 0 Å². The average Bonchev–Trinajstić information content (AvgIpc) is 2.59. The fraction of sp³-hybridized carbons (Fsp3) is 0.118. The van der Waals surface area contributed by atoms with Gasteiger partial charge < -0.3 is 10.1 Å². The number of H-pyrrole nitrogens is 1. The van der Waals surface area contributed by atoms with Gasteiger partial charge in [-0.25, -0.2) is 4.68 Å². The van der Waals surface area contributed by atoms with Crippen LogP contribution in [0.1, 0.15) is 0 Å². The molecule has 0 saturated carbocycles. The molecule has 0 unspecified atom stereocenters. The third-order valence-electron chi connectivity index (χ3n) is 3.62. The van der Waals surface area contributed by atoms with Crippen LogP contribution in [-0.2, 0) is 11.3 Å². The van der Waals surface area contributed by atoms with E-state index in [1.54, 1.807) is 36.4 Å². The largest absolute Gasteiger partial charge is 0.495 e. The number of hydrogen-bond acceptors (Lipinski definition) is 4. The second-order valence-corrected chi connectivity index (χ2v) is 5.71. The highest BCUT2D eigenvalue weighted by atomic mass is 35.5. The lowest BCUT2D eigenvalue weighted by Gasteiger charge is -2.11. The smallest absolute Gasteiger partial charge is 0.273 e. The Kier molecular flexibility index (Phi) is 4.58. The molecule has 0 radical (unpaired) electrons. The van der Waals surface area contributed by atoms with Crippen LogP contribution >= 0.6 is 11.6 Å². The standard InChI is InChI=1S/C17H14ClN3O4/c1-25-14-7-6-10(18)8-13(14)19-15(22)9-21-17(24)12-5-3-2-4-11(12)16(23)20-21/h2-8H,9H2,1H3,(H,19,22)(H,20,23). The van der Waals surface area contributed by atoms with Gasteiger partial charge in [-0.15, -0.1) is 0 Å². The van der Waals surface area contributed by atoms with Gasteiger partial charge in [-0.2, -0.15) is 0 Å². The van der Waals surface area contributed by atoms with E-state index in [0.29, 0.717) is 16.5 Å². The number of fused-ring (bicyclic) bond motifs is 1. The van der Waals surface area contributed by atoms with E-state index in [1.807, 2.05) is 0 Å². The molecule has 25 heavy (non-hydrogen) atoms. The third-order valence-corrected chi connectivity index (χ3v) is 3.86. The van der Waals surface area contributed by atoms with Crippen molar-refractivity contribution in [3.63, 3.8) is 0 Å². The summed E-state index contributed by atoms with van der Waals surface area (Å²) in [7, 11) is 1.46. The van der Waals surface area contributed by atoms with Crippen molar-refractivity contribution in [3.05, 3.63) is 68.2 Å². The molecule has 2 N–H and O–H groups in total. The Morgan fingerprint density at radius 3 is 2.64 bits per heavy atom. The number of ether oxygens (including phenoxy) is 1. The summed E-state index contributed by atoms with van der Waals surface area (Å²) in [5.41, 5.74) is -0.525. The van der Waals surface area contributed by atoms with Crippen molar-refractivity contribution >= 4 is 34.0 Å². The van der Waals surface area contributed by atoms with E-state index in [2.05, 4.69) is 10.4 Å². The number of halogens is 1. The molecule has 0 saturated heterocycles. The number of aromatic amines is 1. The zero-order valence-electron chi connectivity index (χ0n) is 13.2. The Bertz CT molecular complexity index is 1070. The first-order chi connectivity index (χ1) is 12.0. The second-order valence-electron chi connectivity index (χ2n) is 5.27. The van der Waals surface area contributed by atoms with Gasteiger partial charge in [-0.05, 0) is 30.3 Å². The Morgan fingerprint density at radius 2 is 1.92 bits per heavy atom. The van der Waals surface area contributed by atoms with Gasteiger partial charge in [-0.1, -0.05) is 23.7 Å². The summed E-state index contributed by atoms with van der Waals surface area (Å²) in [6.07, 6.45) is 0. The SMILES string of the molecule is COc1ccc(Cl)cc1NC(=O)Cn1[nH]c(=O)c2ccccc2c1=O. The molecule has 0 fully saturated rings. The number of carbonyl (C=O) groups is 1. The van der Waals surface area contributed by atoms with Crippen LogP contribution in [0.25, 0.3) is 10.8 Å². The quantitative estimate of drug-likeness (QED) is 0.745. The summed E-state index contributed by atoms with van der Waals surface area (Å²) in [6.45, 7) is -0.353. The van der Waals surface area contributed by atoms with Gasteiger partial charge in [0.1, 0.15) is 12.3 Å². The number of benzene rings is 2. The van der Waals surface area contributed by atoms with E-state index in [9.17, 15) is 14.4 Å². The Hall–Kier alpha value is -3.06. The van der Waals surface area contributed by atoms with Gasteiger partial charge in [0.15, 0.2) is 0 Å². The lowest BCUT2D eigenvalue weighted by Crippen LogP contribution is -2.34.